The van der Waals surface area contributed by atoms with Crippen LogP contribution in [0.15, 0.2) is 51.4 Å². The van der Waals surface area contributed by atoms with Gasteiger partial charge in [0.1, 0.15) is 11.3 Å². The molecule has 1 aromatic heterocycles. The van der Waals surface area contributed by atoms with Gasteiger partial charge in [0.05, 0.1) is 10.2 Å². The minimum atomic E-state index is -4.71. The third-order valence-corrected chi connectivity index (χ3v) is 5.91. The van der Waals surface area contributed by atoms with Crippen LogP contribution in [0.5, 0.6) is 5.75 Å². The molecule has 1 fully saturated rings. The zero-order valence-corrected chi connectivity index (χ0v) is 17.7. The van der Waals surface area contributed by atoms with Crippen LogP contribution >= 0.6 is 15.9 Å². The number of halogens is 4. The van der Waals surface area contributed by atoms with Gasteiger partial charge in [0.2, 0.25) is 5.76 Å². The second kappa shape index (κ2) is 8.43. The second-order valence-electron chi connectivity index (χ2n) is 7.18. The molecule has 0 unspecified atom stereocenters. The van der Waals surface area contributed by atoms with Crippen molar-refractivity contribution in [3.05, 3.63) is 58.3 Å². The van der Waals surface area contributed by atoms with Crippen molar-refractivity contribution in [2.75, 3.05) is 31.1 Å². The zero-order chi connectivity index (χ0) is 22.2. The highest BCUT2D eigenvalue weighted by Crippen LogP contribution is 2.36. The van der Waals surface area contributed by atoms with Gasteiger partial charge in [-0.15, -0.1) is 13.2 Å². The van der Waals surface area contributed by atoms with Gasteiger partial charge < -0.3 is 19.2 Å². The Morgan fingerprint density at radius 2 is 1.87 bits per heavy atom. The average molecular weight is 499 g/mol. The summed E-state index contributed by atoms with van der Waals surface area (Å²) < 4.78 is 47.4. The van der Waals surface area contributed by atoms with E-state index in [2.05, 4.69) is 30.5 Å². The highest BCUT2D eigenvalue weighted by Gasteiger charge is 2.31. The maximum atomic E-state index is 12.4. The van der Waals surface area contributed by atoms with Gasteiger partial charge in [0.25, 0.3) is 0 Å². The molecule has 0 radical (unpaired) electrons. The molecule has 0 saturated carbocycles. The summed E-state index contributed by atoms with van der Waals surface area (Å²) in [6.45, 7) is 3.40. The number of ether oxygens (including phenoxy) is 1. The maximum absolute atomic E-state index is 12.4. The van der Waals surface area contributed by atoms with Crippen molar-refractivity contribution in [2.45, 2.75) is 12.9 Å². The largest absolute Gasteiger partial charge is 0.573 e. The smallest absolute Gasteiger partial charge is 0.475 e. The number of aromatic carboxylic acids is 1. The monoisotopic (exact) mass is 498 g/mol. The Bertz CT molecular complexity index is 1110. The van der Waals surface area contributed by atoms with Crippen LogP contribution in [0.3, 0.4) is 0 Å². The van der Waals surface area contributed by atoms with Gasteiger partial charge in [0.15, 0.2) is 0 Å². The Hall–Kier alpha value is -2.72. The molecule has 10 heteroatoms. The molecule has 31 heavy (non-hydrogen) atoms. The number of fused-ring (bicyclic) bond motifs is 1. The van der Waals surface area contributed by atoms with Crippen LogP contribution in [-0.4, -0.2) is 48.5 Å². The van der Waals surface area contributed by atoms with E-state index in [1.165, 1.54) is 18.2 Å². The molecule has 3 aromatic rings. The van der Waals surface area contributed by atoms with Crippen LogP contribution in [-0.2, 0) is 6.54 Å². The van der Waals surface area contributed by atoms with Crippen molar-refractivity contribution < 1.29 is 32.2 Å². The van der Waals surface area contributed by atoms with Gasteiger partial charge in [0, 0.05) is 44.2 Å². The number of hydrogen-bond donors (Lipinski definition) is 1. The number of carboxylic acid groups (broad SMARTS) is 1. The molecule has 1 saturated heterocycles. The van der Waals surface area contributed by atoms with Crippen molar-refractivity contribution in [3.8, 4) is 5.75 Å². The summed E-state index contributed by atoms with van der Waals surface area (Å²) in [5.41, 5.74) is 2.18. The van der Waals surface area contributed by atoms with E-state index in [4.69, 9.17) is 9.52 Å². The molecule has 0 amide bonds. The normalized spacial score (nSPS) is 15.4. The Labute approximate surface area is 183 Å². The number of rotatable bonds is 5. The summed E-state index contributed by atoms with van der Waals surface area (Å²) in [6, 6.07) is 11.2. The second-order valence-corrected chi connectivity index (χ2v) is 7.98. The molecular weight excluding hydrogens is 481 g/mol. The van der Waals surface area contributed by atoms with Gasteiger partial charge in [-0.25, -0.2) is 4.79 Å². The summed E-state index contributed by atoms with van der Waals surface area (Å²) in [5.74, 6) is -1.46. The first-order valence-electron chi connectivity index (χ1n) is 9.47. The van der Waals surface area contributed by atoms with Crippen LogP contribution in [0.2, 0.25) is 0 Å². The topological polar surface area (TPSA) is 66.2 Å². The Balaban J connectivity index is 1.42. The van der Waals surface area contributed by atoms with Crippen LogP contribution in [0.25, 0.3) is 11.0 Å². The van der Waals surface area contributed by atoms with Crippen molar-refractivity contribution in [2.24, 2.45) is 0 Å². The summed E-state index contributed by atoms with van der Waals surface area (Å²) in [6.07, 6.45) is -4.71. The zero-order valence-electron chi connectivity index (χ0n) is 16.2. The lowest BCUT2D eigenvalue weighted by atomic mass is 10.1. The minimum absolute atomic E-state index is 0.116. The van der Waals surface area contributed by atoms with Crippen molar-refractivity contribution in [1.82, 2.24) is 4.90 Å². The van der Waals surface area contributed by atoms with E-state index in [0.29, 0.717) is 30.6 Å². The number of nitrogens with zero attached hydrogens (tertiary/aromatic N) is 2. The highest BCUT2D eigenvalue weighted by molar-refractivity contribution is 9.10. The number of carboxylic acids is 1. The molecule has 1 aliphatic heterocycles. The number of alkyl halides is 3. The first kappa shape index (κ1) is 21.5. The fourth-order valence-electron chi connectivity index (χ4n) is 3.66. The molecule has 0 atom stereocenters. The van der Waals surface area contributed by atoms with Crippen LogP contribution in [0.1, 0.15) is 16.1 Å². The van der Waals surface area contributed by atoms with E-state index in [-0.39, 0.29) is 11.5 Å². The minimum Gasteiger partial charge on any atom is -0.475 e. The molecular formula is C21H18BrF3N2O4. The number of anilines is 1. The Kier molecular flexibility index (Phi) is 5.85. The lowest BCUT2D eigenvalue weighted by Gasteiger charge is -2.36. The van der Waals surface area contributed by atoms with E-state index in [0.717, 1.165) is 28.8 Å². The summed E-state index contributed by atoms with van der Waals surface area (Å²) in [7, 11) is 0. The fraction of sp³-hybridized carbons (Fsp3) is 0.286. The number of benzene rings is 2. The van der Waals surface area contributed by atoms with Crippen molar-refractivity contribution in [1.29, 1.82) is 0 Å². The molecule has 6 nitrogen and oxygen atoms in total. The molecule has 0 aliphatic carbocycles. The van der Waals surface area contributed by atoms with Crippen LogP contribution in [0.4, 0.5) is 18.9 Å². The third-order valence-electron chi connectivity index (χ3n) is 5.08. The van der Waals surface area contributed by atoms with Crippen LogP contribution < -0.4 is 9.64 Å². The summed E-state index contributed by atoms with van der Waals surface area (Å²) >= 11 is 3.57. The predicted molar refractivity (Wildman–Crippen MR) is 111 cm³/mol. The first-order chi connectivity index (χ1) is 14.7. The van der Waals surface area contributed by atoms with Gasteiger partial charge >= 0.3 is 12.3 Å². The lowest BCUT2D eigenvalue weighted by molar-refractivity contribution is -0.274. The first-order valence-corrected chi connectivity index (χ1v) is 10.3. The van der Waals surface area contributed by atoms with Gasteiger partial charge in [-0.2, -0.15) is 0 Å². The molecule has 2 aromatic carbocycles. The average Bonchev–Trinajstić information content (AvgIpc) is 3.14. The maximum Gasteiger partial charge on any atom is 0.573 e. The Morgan fingerprint density at radius 1 is 1.13 bits per heavy atom. The number of piperazine rings is 1. The van der Waals surface area contributed by atoms with Crippen molar-refractivity contribution >= 4 is 38.6 Å². The van der Waals surface area contributed by atoms with E-state index in [1.54, 1.807) is 18.2 Å². The SMILES string of the molecule is O=C(O)c1cc2c(Br)c(N3CCN(Cc4cccc(OC(F)(F)F)c4)CC3)ccc2o1. The molecule has 0 spiro atoms. The van der Waals surface area contributed by atoms with Gasteiger partial charge in [-0.1, -0.05) is 12.1 Å². The standard InChI is InChI=1S/C21H18BrF3N2O4/c22-19-15-11-18(20(28)29)30-17(15)5-4-16(19)27-8-6-26(7-9-27)12-13-2-1-3-14(10-13)31-21(23,24)25/h1-5,10-11H,6-9,12H2,(H,28,29). The van der Waals surface area contributed by atoms with Gasteiger partial charge in [-0.3, -0.25) is 4.90 Å². The van der Waals surface area contributed by atoms with E-state index in [9.17, 15) is 18.0 Å². The molecule has 1 N–H and O–H groups in total. The fourth-order valence-corrected chi connectivity index (χ4v) is 4.35. The predicted octanol–water partition coefficient (Wildman–Crippen LogP) is 5.11. The third kappa shape index (κ3) is 4.96. The molecule has 4 rings (SSSR count). The van der Waals surface area contributed by atoms with E-state index in [1.807, 2.05) is 6.07 Å². The lowest BCUT2D eigenvalue weighted by Crippen LogP contribution is -2.46. The number of hydrogen-bond acceptors (Lipinski definition) is 5. The Morgan fingerprint density at radius 3 is 2.55 bits per heavy atom. The number of furan rings is 1. The quantitative estimate of drug-likeness (QED) is 0.526. The summed E-state index contributed by atoms with van der Waals surface area (Å²) in [5, 5.41) is 9.82. The van der Waals surface area contributed by atoms with E-state index >= 15 is 0 Å². The summed E-state index contributed by atoms with van der Waals surface area (Å²) in [4.78, 5) is 15.5. The van der Waals surface area contributed by atoms with Crippen molar-refractivity contribution in [3.63, 3.8) is 0 Å². The molecule has 2 heterocycles. The number of carbonyl (C=O) groups is 1. The van der Waals surface area contributed by atoms with E-state index < -0.39 is 12.3 Å². The van der Waals surface area contributed by atoms with Crippen LogP contribution in [0, 0.1) is 0 Å². The highest BCUT2D eigenvalue weighted by atomic mass is 79.9. The molecule has 164 valence electrons. The molecule has 0 bridgehead atoms. The molecule has 1 aliphatic rings. The van der Waals surface area contributed by atoms with Gasteiger partial charge in [-0.05, 0) is 45.8 Å².